The second-order valence-corrected chi connectivity index (χ2v) is 9.06. The van der Waals surface area contributed by atoms with Crippen molar-refractivity contribution >= 4 is 11.9 Å². The van der Waals surface area contributed by atoms with E-state index in [9.17, 15) is 18.4 Å². The SMILES string of the molecule is Cc1c(C(C)(N)OC(=O)C(=O)OC(C)(N)c2cnn(-c3cccc(F)c3)c2C)cnn1-c1cccc(F)c1. The fraction of sp³-hybridized carbons (Fsp3) is 0.231. The van der Waals surface area contributed by atoms with Gasteiger partial charge in [-0.15, -0.1) is 0 Å². The average molecular weight is 525 g/mol. The molecular weight excluding hydrogens is 498 g/mol. The Morgan fingerprint density at radius 1 is 0.763 bits per heavy atom. The summed E-state index contributed by atoms with van der Waals surface area (Å²) in [6.45, 7) is 6.04. The van der Waals surface area contributed by atoms with Gasteiger partial charge in [0, 0.05) is 11.4 Å². The Bertz CT molecular complexity index is 1410. The Kier molecular flexibility index (Phi) is 6.87. The van der Waals surface area contributed by atoms with Gasteiger partial charge in [0.25, 0.3) is 0 Å². The molecule has 2 unspecified atom stereocenters. The number of nitrogens with two attached hydrogens (primary N) is 2. The van der Waals surface area contributed by atoms with Crippen LogP contribution >= 0.6 is 0 Å². The van der Waals surface area contributed by atoms with E-state index in [-0.39, 0.29) is 11.1 Å². The van der Waals surface area contributed by atoms with Crippen LogP contribution in [0.15, 0.2) is 60.9 Å². The van der Waals surface area contributed by atoms with Crippen molar-refractivity contribution in [3.63, 3.8) is 0 Å². The summed E-state index contributed by atoms with van der Waals surface area (Å²) in [7, 11) is 0. The number of rotatable bonds is 6. The summed E-state index contributed by atoms with van der Waals surface area (Å²) in [4.78, 5) is 25.3. The molecule has 0 aliphatic carbocycles. The van der Waals surface area contributed by atoms with Crippen LogP contribution in [0.5, 0.6) is 0 Å². The zero-order valence-electron chi connectivity index (χ0n) is 21.1. The molecule has 0 aliphatic heterocycles. The molecule has 0 radical (unpaired) electrons. The topological polar surface area (TPSA) is 140 Å². The lowest BCUT2D eigenvalue weighted by atomic mass is 10.1. The first-order valence-electron chi connectivity index (χ1n) is 11.5. The van der Waals surface area contributed by atoms with Crippen LogP contribution in [0.2, 0.25) is 0 Å². The molecule has 4 aromatic rings. The van der Waals surface area contributed by atoms with Gasteiger partial charge in [-0.05, 0) is 64.1 Å². The normalized spacial score (nSPS) is 14.4. The fourth-order valence-electron chi connectivity index (χ4n) is 4.11. The highest BCUT2D eigenvalue weighted by Crippen LogP contribution is 2.28. The molecule has 10 nitrogen and oxygen atoms in total. The first kappa shape index (κ1) is 26.6. The molecule has 0 fully saturated rings. The van der Waals surface area contributed by atoms with Gasteiger partial charge >= 0.3 is 11.9 Å². The highest BCUT2D eigenvalue weighted by atomic mass is 19.1. The van der Waals surface area contributed by atoms with Gasteiger partial charge in [0.15, 0.2) is 11.4 Å². The Balaban J connectivity index is 1.50. The number of esters is 2. The fourth-order valence-corrected chi connectivity index (χ4v) is 4.11. The van der Waals surface area contributed by atoms with E-state index >= 15 is 0 Å². The maximum atomic E-state index is 13.7. The first-order chi connectivity index (χ1) is 17.8. The minimum Gasteiger partial charge on any atom is -0.432 e. The molecule has 0 spiro atoms. The number of ether oxygens (including phenoxy) is 2. The van der Waals surface area contributed by atoms with E-state index in [1.807, 2.05) is 0 Å². The van der Waals surface area contributed by atoms with Crippen LogP contribution in [0, 0.1) is 25.5 Å². The van der Waals surface area contributed by atoms with Crippen molar-refractivity contribution in [2.75, 3.05) is 0 Å². The summed E-state index contributed by atoms with van der Waals surface area (Å²) in [5.74, 6) is -3.69. The maximum Gasteiger partial charge on any atom is 0.419 e. The summed E-state index contributed by atoms with van der Waals surface area (Å²) in [6.07, 6.45) is 2.71. The number of halogens is 2. The van der Waals surface area contributed by atoms with Crippen LogP contribution in [-0.4, -0.2) is 31.5 Å². The third-order valence-electron chi connectivity index (χ3n) is 5.97. The highest BCUT2D eigenvalue weighted by molar-refractivity contribution is 6.29. The van der Waals surface area contributed by atoms with Gasteiger partial charge < -0.3 is 9.47 Å². The minimum absolute atomic E-state index is 0.283. The Morgan fingerprint density at radius 3 is 1.47 bits per heavy atom. The molecule has 0 saturated heterocycles. The Hall–Kier alpha value is -4.42. The first-order valence-corrected chi connectivity index (χ1v) is 11.5. The lowest BCUT2D eigenvalue weighted by Gasteiger charge is -2.27. The summed E-state index contributed by atoms with van der Waals surface area (Å²) in [6, 6.07) is 11.5. The molecule has 2 aromatic heterocycles. The van der Waals surface area contributed by atoms with Gasteiger partial charge in [-0.2, -0.15) is 10.2 Å². The van der Waals surface area contributed by atoms with E-state index in [1.165, 1.54) is 72.0 Å². The van der Waals surface area contributed by atoms with Gasteiger partial charge in [-0.25, -0.2) is 27.7 Å². The standard InChI is InChI=1S/C26H26F2N6O4/c1-15-21(13-31-33(15)19-9-5-7-17(27)11-19)25(3,29)37-23(35)24(36)38-26(4,30)22-14-32-34(16(22)2)20-10-6-8-18(28)12-20/h5-14H,29-30H2,1-4H3. The number of aromatic nitrogens is 4. The zero-order chi connectivity index (χ0) is 27.8. The molecule has 0 amide bonds. The van der Waals surface area contributed by atoms with Crippen LogP contribution in [-0.2, 0) is 30.5 Å². The van der Waals surface area contributed by atoms with E-state index in [0.29, 0.717) is 22.8 Å². The molecule has 2 heterocycles. The zero-order valence-corrected chi connectivity index (χ0v) is 21.1. The number of nitrogens with zero attached hydrogens (tertiary/aromatic N) is 4. The van der Waals surface area contributed by atoms with E-state index in [0.717, 1.165) is 0 Å². The lowest BCUT2D eigenvalue weighted by molar-refractivity contribution is -0.185. The average Bonchev–Trinajstić information content (AvgIpc) is 3.42. The predicted molar refractivity (Wildman–Crippen MR) is 132 cm³/mol. The third-order valence-corrected chi connectivity index (χ3v) is 5.97. The second kappa shape index (κ2) is 9.80. The van der Waals surface area contributed by atoms with E-state index in [4.69, 9.17) is 20.9 Å². The van der Waals surface area contributed by atoms with Gasteiger partial charge in [0.05, 0.1) is 34.9 Å². The molecule has 2 aromatic carbocycles. The number of hydrogen-bond donors (Lipinski definition) is 2. The number of carbonyl (C=O) groups is 2. The molecular formula is C26H26F2N6O4. The molecule has 4 rings (SSSR count). The van der Waals surface area contributed by atoms with Crippen LogP contribution in [0.1, 0.15) is 36.4 Å². The summed E-state index contributed by atoms with van der Waals surface area (Å²) in [5, 5.41) is 8.39. The quantitative estimate of drug-likeness (QED) is 0.223. The smallest absolute Gasteiger partial charge is 0.419 e. The van der Waals surface area contributed by atoms with Gasteiger partial charge in [0.1, 0.15) is 11.6 Å². The van der Waals surface area contributed by atoms with Crippen LogP contribution in [0.25, 0.3) is 11.4 Å². The number of carbonyl (C=O) groups excluding carboxylic acids is 2. The van der Waals surface area contributed by atoms with E-state index in [2.05, 4.69) is 10.2 Å². The van der Waals surface area contributed by atoms with E-state index in [1.54, 1.807) is 26.0 Å². The summed E-state index contributed by atoms with van der Waals surface area (Å²) >= 11 is 0. The summed E-state index contributed by atoms with van der Waals surface area (Å²) in [5.41, 5.74) is 11.2. The molecule has 2 atom stereocenters. The highest BCUT2D eigenvalue weighted by Gasteiger charge is 2.38. The molecule has 0 bridgehead atoms. The number of benzene rings is 2. The second-order valence-electron chi connectivity index (χ2n) is 9.06. The molecule has 198 valence electrons. The van der Waals surface area contributed by atoms with Gasteiger partial charge in [-0.1, -0.05) is 12.1 Å². The maximum absolute atomic E-state index is 13.7. The summed E-state index contributed by atoms with van der Waals surface area (Å²) < 4.78 is 40.7. The Morgan fingerprint density at radius 2 is 1.13 bits per heavy atom. The van der Waals surface area contributed by atoms with Crippen molar-refractivity contribution in [3.8, 4) is 11.4 Å². The molecule has 4 N–H and O–H groups in total. The van der Waals surface area contributed by atoms with Crippen LogP contribution in [0.3, 0.4) is 0 Å². The van der Waals surface area contributed by atoms with Crippen molar-refractivity contribution in [2.45, 2.75) is 39.1 Å². The predicted octanol–water partition coefficient (Wildman–Crippen LogP) is 3.00. The van der Waals surface area contributed by atoms with Crippen molar-refractivity contribution in [3.05, 3.63) is 95.1 Å². The minimum atomic E-state index is -1.78. The van der Waals surface area contributed by atoms with Crippen molar-refractivity contribution in [1.82, 2.24) is 19.6 Å². The van der Waals surface area contributed by atoms with Gasteiger partial charge in [0.2, 0.25) is 0 Å². The van der Waals surface area contributed by atoms with Crippen LogP contribution < -0.4 is 11.5 Å². The molecule has 0 saturated carbocycles. The van der Waals surface area contributed by atoms with Crippen LogP contribution in [0.4, 0.5) is 8.78 Å². The van der Waals surface area contributed by atoms with Crippen molar-refractivity contribution in [1.29, 1.82) is 0 Å². The van der Waals surface area contributed by atoms with Crippen molar-refractivity contribution < 1.29 is 27.8 Å². The van der Waals surface area contributed by atoms with Crippen molar-refractivity contribution in [2.24, 2.45) is 11.5 Å². The number of hydrogen-bond acceptors (Lipinski definition) is 8. The Labute approximate surface area is 216 Å². The molecule has 38 heavy (non-hydrogen) atoms. The molecule has 0 aliphatic rings. The largest absolute Gasteiger partial charge is 0.432 e. The monoisotopic (exact) mass is 524 g/mol. The molecule has 12 heteroatoms. The van der Waals surface area contributed by atoms with E-state index < -0.39 is 35.0 Å². The lowest BCUT2D eigenvalue weighted by Crippen LogP contribution is -2.45. The van der Waals surface area contributed by atoms with Gasteiger partial charge in [-0.3, -0.25) is 11.5 Å². The third kappa shape index (κ3) is 5.17.